The number of rotatable bonds is 4. The fourth-order valence-electron chi connectivity index (χ4n) is 1.27. The van der Waals surface area contributed by atoms with Gasteiger partial charge in [0.15, 0.2) is 0 Å². The molecule has 0 nitrogen and oxygen atoms in total. The zero-order chi connectivity index (χ0) is 7.28. The molecular weight excluding hydrogens is 108 g/mol. The fraction of sp³-hybridized carbons (Fsp3) is 0.889. The first-order valence-corrected chi connectivity index (χ1v) is 4.01. The highest BCUT2D eigenvalue weighted by atomic mass is 14.1. The standard InChI is InChI=1S/C9H19/c1-5-7-9(6-2)8(3)4/h8-9H,1,5-7H2,2-4H3. The van der Waals surface area contributed by atoms with Crippen LogP contribution < -0.4 is 0 Å². The van der Waals surface area contributed by atoms with Gasteiger partial charge < -0.3 is 0 Å². The van der Waals surface area contributed by atoms with Crippen molar-refractivity contribution in [3.63, 3.8) is 0 Å². The maximum Gasteiger partial charge on any atom is -0.0394 e. The van der Waals surface area contributed by atoms with E-state index < -0.39 is 0 Å². The lowest BCUT2D eigenvalue weighted by Gasteiger charge is -2.17. The Morgan fingerprint density at radius 1 is 1.33 bits per heavy atom. The third-order valence-electron chi connectivity index (χ3n) is 2.04. The van der Waals surface area contributed by atoms with Crippen LogP contribution >= 0.6 is 0 Å². The minimum Gasteiger partial charge on any atom is -0.0651 e. The molecule has 55 valence electrons. The quantitative estimate of drug-likeness (QED) is 0.543. The van der Waals surface area contributed by atoms with E-state index in [1.807, 2.05) is 0 Å². The predicted molar refractivity (Wildman–Crippen MR) is 43.2 cm³/mol. The Labute approximate surface area is 59.7 Å². The summed E-state index contributed by atoms with van der Waals surface area (Å²) in [5, 5.41) is 0. The van der Waals surface area contributed by atoms with Crippen molar-refractivity contribution in [2.75, 3.05) is 0 Å². The first-order chi connectivity index (χ1) is 4.22. The molecule has 1 atom stereocenters. The third kappa shape index (κ3) is 3.56. The van der Waals surface area contributed by atoms with Gasteiger partial charge in [0.05, 0.1) is 0 Å². The maximum atomic E-state index is 3.86. The average molecular weight is 127 g/mol. The first kappa shape index (κ1) is 9.00. The van der Waals surface area contributed by atoms with Gasteiger partial charge in [-0.2, -0.15) is 0 Å². The van der Waals surface area contributed by atoms with Crippen LogP contribution in [0, 0.1) is 18.8 Å². The molecule has 0 aromatic carbocycles. The normalized spacial score (nSPS) is 14.3. The zero-order valence-corrected chi connectivity index (χ0v) is 6.98. The van der Waals surface area contributed by atoms with E-state index in [4.69, 9.17) is 0 Å². The molecule has 0 fully saturated rings. The van der Waals surface area contributed by atoms with E-state index in [1.54, 1.807) is 0 Å². The van der Waals surface area contributed by atoms with E-state index in [9.17, 15) is 0 Å². The van der Waals surface area contributed by atoms with Gasteiger partial charge in [0.25, 0.3) is 0 Å². The van der Waals surface area contributed by atoms with E-state index in [0.717, 1.165) is 18.3 Å². The molecule has 9 heavy (non-hydrogen) atoms. The molecule has 0 heterocycles. The van der Waals surface area contributed by atoms with Crippen LogP contribution in [0.5, 0.6) is 0 Å². The second-order valence-electron chi connectivity index (χ2n) is 3.05. The van der Waals surface area contributed by atoms with E-state index in [-0.39, 0.29) is 0 Å². The van der Waals surface area contributed by atoms with Gasteiger partial charge in [-0.05, 0) is 11.8 Å². The second-order valence-corrected chi connectivity index (χ2v) is 3.05. The van der Waals surface area contributed by atoms with Crippen molar-refractivity contribution in [1.82, 2.24) is 0 Å². The van der Waals surface area contributed by atoms with E-state index in [2.05, 4.69) is 27.7 Å². The van der Waals surface area contributed by atoms with E-state index in [1.165, 1.54) is 12.8 Å². The highest BCUT2D eigenvalue weighted by Gasteiger charge is 2.08. The molecule has 0 bridgehead atoms. The predicted octanol–water partition coefficient (Wildman–Crippen LogP) is 3.28. The molecule has 0 amide bonds. The van der Waals surface area contributed by atoms with Crippen molar-refractivity contribution < 1.29 is 0 Å². The van der Waals surface area contributed by atoms with Crippen molar-refractivity contribution in [1.29, 1.82) is 0 Å². The summed E-state index contributed by atoms with van der Waals surface area (Å²) in [7, 11) is 0. The van der Waals surface area contributed by atoms with Crippen LogP contribution in [-0.2, 0) is 0 Å². The van der Waals surface area contributed by atoms with Crippen LogP contribution in [0.3, 0.4) is 0 Å². The van der Waals surface area contributed by atoms with E-state index >= 15 is 0 Å². The number of hydrogen-bond acceptors (Lipinski definition) is 0. The summed E-state index contributed by atoms with van der Waals surface area (Å²) in [6, 6.07) is 0. The van der Waals surface area contributed by atoms with Gasteiger partial charge >= 0.3 is 0 Å². The first-order valence-electron chi connectivity index (χ1n) is 4.01. The molecule has 1 unspecified atom stereocenters. The van der Waals surface area contributed by atoms with Gasteiger partial charge in [-0.3, -0.25) is 0 Å². The summed E-state index contributed by atoms with van der Waals surface area (Å²) in [5.74, 6) is 1.75. The SMILES string of the molecule is [CH2]CCC(CC)C(C)C. The molecule has 0 saturated carbocycles. The van der Waals surface area contributed by atoms with Crippen molar-refractivity contribution >= 4 is 0 Å². The molecule has 0 N–H and O–H groups in total. The van der Waals surface area contributed by atoms with Crippen LogP contribution in [0.25, 0.3) is 0 Å². The van der Waals surface area contributed by atoms with Crippen molar-refractivity contribution in [2.24, 2.45) is 11.8 Å². The summed E-state index contributed by atoms with van der Waals surface area (Å²) in [4.78, 5) is 0. The third-order valence-corrected chi connectivity index (χ3v) is 2.04. The van der Waals surface area contributed by atoms with Gasteiger partial charge in [0.2, 0.25) is 0 Å². The molecule has 1 radical (unpaired) electrons. The maximum absolute atomic E-state index is 3.86. The minimum atomic E-state index is 0.844. The molecule has 0 aliphatic rings. The van der Waals surface area contributed by atoms with Gasteiger partial charge in [-0.25, -0.2) is 0 Å². The molecule has 0 saturated heterocycles. The van der Waals surface area contributed by atoms with Crippen LogP contribution in [0.15, 0.2) is 0 Å². The zero-order valence-electron chi connectivity index (χ0n) is 6.98. The summed E-state index contributed by atoms with van der Waals surface area (Å²) >= 11 is 0. The Morgan fingerprint density at radius 3 is 2.00 bits per heavy atom. The molecule has 0 aromatic heterocycles. The van der Waals surface area contributed by atoms with Crippen molar-refractivity contribution in [2.45, 2.75) is 40.0 Å². The second kappa shape index (κ2) is 4.84. The summed E-state index contributed by atoms with van der Waals surface area (Å²) in [6.45, 7) is 10.7. The molecule has 0 heteroatoms. The molecule has 0 spiro atoms. The van der Waals surface area contributed by atoms with E-state index in [0.29, 0.717) is 0 Å². The average Bonchev–Trinajstić information content (AvgIpc) is 1.82. The lowest BCUT2D eigenvalue weighted by molar-refractivity contribution is 0.351. The van der Waals surface area contributed by atoms with Gasteiger partial charge in [0.1, 0.15) is 0 Å². The highest BCUT2D eigenvalue weighted by Crippen LogP contribution is 2.19. The smallest absolute Gasteiger partial charge is 0.0394 e. The Hall–Kier alpha value is 0. The number of hydrogen-bond donors (Lipinski definition) is 0. The topological polar surface area (TPSA) is 0 Å². The Balaban J connectivity index is 3.41. The summed E-state index contributed by atoms with van der Waals surface area (Å²) in [6.07, 6.45) is 3.71. The van der Waals surface area contributed by atoms with Crippen LogP contribution in [-0.4, -0.2) is 0 Å². The summed E-state index contributed by atoms with van der Waals surface area (Å²) in [5.41, 5.74) is 0. The molecular formula is C9H19. The minimum absolute atomic E-state index is 0.844. The van der Waals surface area contributed by atoms with Crippen LogP contribution in [0.4, 0.5) is 0 Å². The molecule has 0 aliphatic heterocycles. The largest absolute Gasteiger partial charge is 0.0651 e. The Kier molecular flexibility index (Phi) is 4.84. The fourth-order valence-corrected chi connectivity index (χ4v) is 1.27. The monoisotopic (exact) mass is 127 g/mol. The van der Waals surface area contributed by atoms with Crippen molar-refractivity contribution in [3.05, 3.63) is 6.92 Å². The highest BCUT2D eigenvalue weighted by molar-refractivity contribution is 4.61. The lowest BCUT2D eigenvalue weighted by Crippen LogP contribution is -2.06. The van der Waals surface area contributed by atoms with Crippen LogP contribution in [0.2, 0.25) is 0 Å². The molecule has 0 rings (SSSR count). The summed E-state index contributed by atoms with van der Waals surface area (Å²) < 4.78 is 0. The van der Waals surface area contributed by atoms with Gasteiger partial charge in [-0.1, -0.05) is 47.0 Å². The van der Waals surface area contributed by atoms with Gasteiger partial charge in [0, 0.05) is 0 Å². The lowest BCUT2D eigenvalue weighted by atomic mass is 9.89. The van der Waals surface area contributed by atoms with Crippen LogP contribution in [0.1, 0.15) is 40.0 Å². The molecule has 0 aliphatic carbocycles. The Bertz CT molecular complexity index is 55.1. The van der Waals surface area contributed by atoms with Gasteiger partial charge in [-0.15, -0.1) is 0 Å². The van der Waals surface area contributed by atoms with Crippen molar-refractivity contribution in [3.8, 4) is 0 Å². The molecule has 0 aromatic rings. The Morgan fingerprint density at radius 2 is 1.89 bits per heavy atom.